The molecule has 2 N–H and O–H groups in total. The molecule has 0 aromatic carbocycles. The van der Waals surface area contributed by atoms with E-state index in [1.165, 1.54) is 0 Å². The van der Waals surface area contributed by atoms with Gasteiger partial charge in [-0.25, -0.2) is 4.98 Å². The Bertz CT molecular complexity index is 175. The Morgan fingerprint density at radius 2 is 2.44 bits per heavy atom. The van der Waals surface area contributed by atoms with Crippen molar-refractivity contribution in [2.75, 3.05) is 0 Å². The molecule has 0 saturated carbocycles. The lowest BCUT2D eigenvalue weighted by atomic mass is 10.6. The number of aromatic nitrogens is 2. The van der Waals surface area contributed by atoms with Gasteiger partial charge >= 0.3 is 0 Å². The van der Waals surface area contributed by atoms with E-state index in [1.54, 1.807) is 6.20 Å². The Balaban J connectivity index is 0.000000640. The number of aliphatic hydroxyl groups is 1. The van der Waals surface area contributed by atoms with E-state index in [2.05, 4.69) is 9.97 Å². The van der Waals surface area contributed by atoms with Gasteiger partial charge in [-0.1, -0.05) is 0 Å². The van der Waals surface area contributed by atoms with Crippen LogP contribution in [0.1, 0.15) is 11.5 Å². The lowest BCUT2D eigenvalue weighted by Crippen LogP contribution is -1.83. The third-order valence-corrected chi connectivity index (χ3v) is 0.909. The van der Waals surface area contributed by atoms with E-state index in [9.17, 15) is 0 Å². The van der Waals surface area contributed by atoms with E-state index in [0.29, 0.717) is 5.82 Å². The second kappa shape index (κ2) is 3.48. The lowest BCUT2D eigenvalue weighted by Gasteiger charge is -1.80. The predicted molar refractivity (Wildman–Crippen MR) is 36.5 cm³/mol. The van der Waals surface area contributed by atoms with Crippen molar-refractivity contribution in [3.05, 3.63) is 17.7 Å². The largest absolute Gasteiger partial charge is 0.388 e. The number of nitrogens with one attached hydrogen (secondary N) is 1. The zero-order valence-corrected chi connectivity index (χ0v) is 5.90. The minimum atomic E-state index is -0.00611. The van der Waals surface area contributed by atoms with Gasteiger partial charge in [-0.15, -0.1) is 12.4 Å². The minimum Gasteiger partial charge on any atom is -0.388 e. The molecule has 1 heterocycles. The molecule has 0 aliphatic heterocycles. The summed E-state index contributed by atoms with van der Waals surface area (Å²) < 4.78 is 0. The van der Waals surface area contributed by atoms with Crippen LogP contribution in [0.5, 0.6) is 0 Å². The number of halogens is 1. The number of imidazole rings is 1. The van der Waals surface area contributed by atoms with Crippen LogP contribution in [0.25, 0.3) is 0 Å². The number of nitrogens with zero attached hydrogens (tertiary/aromatic N) is 1. The molecule has 0 spiro atoms. The summed E-state index contributed by atoms with van der Waals surface area (Å²) in [5.41, 5.74) is 0.911. The number of aryl methyl sites for hydroxylation is 1. The molecule has 0 unspecified atom stereocenters. The van der Waals surface area contributed by atoms with Crippen molar-refractivity contribution in [2.24, 2.45) is 0 Å². The van der Waals surface area contributed by atoms with Crippen LogP contribution in [-0.2, 0) is 6.61 Å². The molecule has 0 saturated heterocycles. The molecule has 0 aliphatic rings. The monoisotopic (exact) mass is 148 g/mol. The summed E-state index contributed by atoms with van der Waals surface area (Å²) in [5.74, 6) is 0.627. The summed E-state index contributed by atoms with van der Waals surface area (Å²) in [4.78, 5) is 6.72. The molecule has 0 bridgehead atoms. The number of hydrogen-bond donors (Lipinski definition) is 2. The standard InChI is InChI=1S/C5H8N2O.ClH/c1-4-2-6-5(3-8)7-4;/h2,8H,3H2,1H3,(H,6,7);1H. The van der Waals surface area contributed by atoms with Crippen molar-refractivity contribution in [3.63, 3.8) is 0 Å². The maximum Gasteiger partial charge on any atom is 0.132 e. The zero-order valence-electron chi connectivity index (χ0n) is 5.09. The Morgan fingerprint density at radius 3 is 2.67 bits per heavy atom. The van der Waals surface area contributed by atoms with Crippen molar-refractivity contribution in [3.8, 4) is 0 Å². The quantitative estimate of drug-likeness (QED) is 0.614. The predicted octanol–water partition coefficient (Wildman–Crippen LogP) is 0.632. The Kier molecular flexibility index (Phi) is 3.27. The summed E-state index contributed by atoms with van der Waals surface area (Å²) in [6.07, 6.45) is 1.76. The van der Waals surface area contributed by atoms with E-state index >= 15 is 0 Å². The highest BCUT2D eigenvalue weighted by Crippen LogP contribution is 1.92. The van der Waals surface area contributed by atoms with Crippen LogP contribution >= 0.6 is 12.4 Å². The van der Waals surface area contributed by atoms with Crippen LogP contribution < -0.4 is 0 Å². The maximum absolute atomic E-state index is 8.46. The molecule has 0 radical (unpaired) electrons. The van der Waals surface area contributed by atoms with Gasteiger partial charge in [-0.05, 0) is 6.92 Å². The molecular formula is C5H9ClN2O. The van der Waals surface area contributed by atoms with Gasteiger partial charge in [0.15, 0.2) is 0 Å². The first-order valence-electron chi connectivity index (χ1n) is 2.44. The molecular weight excluding hydrogens is 140 g/mol. The Hall–Kier alpha value is -0.540. The molecule has 52 valence electrons. The number of hydrogen-bond acceptors (Lipinski definition) is 2. The first kappa shape index (κ1) is 8.46. The van der Waals surface area contributed by atoms with Gasteiger partial charge in [0.25, 0.3) is 0 Å². The van der Waals surface area contributed by atoms with Crippen molar-refractivity contribution in [1.82, 2.24) is 9.97 Å². The smallest absolute Gasteiger partial charge is 0.132 e. The molecule has 1 aromatic rings. The van der Waals surface area contributed by atoms with Crippen LogP contribution in [0, 0.1) is 6.92 Å². The highest BCUT2D eigenvalue weighted by molar-refractivity contribution is 5.85. The molecule has 3 nitrogen and oxygen atoms in total. The van der Waals surface area contributed by atoms with Gasteiger partial charge < -0.3 is 10.1 Å². The highest BCUT2D eigenvalue weighted by atomic mass is 35.5. The fraction of sp³-hybridized carbons (Fsp3) is 0.400. The minimum absolute atomic E-state index is 0. The van der Waals surface area contributed by atoms with E-state index in [4.69, 9.17) is 5.11 Å². The number of aromatic amines is 1. The fourth-order valence-corrected chi connectivity index (χ4v) is 0.546. The zero-order chi connectivity index (χ0) is 5.98. The van der Waals surface area contributed by atoms with E-state index in [-0.39, 0.29) is 19.0 Å². The molecule has 0 atom stereocenters. The lowest BCUT2D eigenvalue weighted by molar-refractivity contribution is 0.272. The van der Waals surface area contributed by atoms with Gasteiger partial charge in [-0.3, -0.25) is 0 Å². The van der Waals surface area contributed by atoms with Crippen LogP contribution in [0.15, 0.2) is 6.20 Å². The molecule has 1 rings (SSSR count). The van der Waals surface area contributed by atoms with Gasteiger partial charge in [0.2, 0.25) is 0 Å². The van der Waals surface area contributed by atoms with Gasteiger partial charge in [0.1, 0.15) is 12.4 Å². The Morgan fingerprint density at radius 1 is 1.78 bits per heavy atom. The average molecular weight is 149 g/mol. The molecule has 4 heteroatoms. The van der Waals surface area contributed by atoms with Crippen molar-refractivity contribution >= 4 is 12.4 Å². The summed E-state index contributed by atoms with van der Waals surface area (Å²) in [6.45, 7) is 1.86. The van der Waals surface area contributed by atoms with Gasteiger partial charge in [0.05, 0.1) is 5.69 Å². The SMILES string of the molecule is Cc1c[nH]c(CO)n1.Cl. The maximum atomic E-state index is 8.46. The van der Waals surface area contributed by atoms with Crippen LogP contribution in [0.3, 0.4) is 0 Å². The molecule has 1 aromatic heterocycles. The summed E-state index contributed by atoms with van der Waals surface area (Å²) >= 11 is 0. The van der Waals surface area contributed by atoms with Crippen molar-refractivity contribution in [2.45, 2.75) is 13.5 Å². The average Bonchev–Trinajstić information content (AvgIpc) is 2.14. The molecule has 0 aliphatic carbocycles. The third-order valence-electron chi connectivity index (χ3n) is 0.909. The number of H-pyrrole nitrogens is 1. The van der Waals surface area contributed by atoms with E-state index < -0.39 is 0 Å². The van der Waals surface area contributed by atoms with Crippen molar-refractivity contribution < 1.29 is 5.11 Å². The second-order valence-corrected chi connectivity index (χ2v) is 1.65. The normalized spacial score (nSPS) is 8.67. The summed E-state index contributed by atoms with van der Waals surface area (Å²) in [6, 6.07) is 0. The number of aliphatic hydroxyl groups excluding tert-OH is 1. The van der Waals surface area contributed by atoms with Crippen LogP contribution in [0.4, 0.5) is 0 Å². The van der Waals surface area contributed by atoms with E-state index in [1.807, 2.05) is 6.92 Å². The molecule has 0 amide bonds. The summed E-state index contributed by atoms with van der Waals surface area (Å²) in [5, 5.41) is 8.46. The first-order valence-corrected chi connectivity index (χ1v) is 2.44. The molecule has 0 fully saturated rings. The first-order chi connectivity index (χ1) is 3.83. The third kappa shape index (κ3) is 2.03. The van der Waals surface area contributed by atoms with Crippen molar-refractivity contribution in [1.29, 1.82) is 0 Å². The number of rotatable bonds is 1. The van der Waals surface area contributed by atoms with Crippen LogP contribution in [0.2, 0.25) is 0 Å². The highest BCUT2D eigenvalue weighted by Gasteiger charge is 1.90. The molecule has 9 heavy (non-hydrogen) atoms. The fourth-order valence-electron chi connectivity index (χ4n) is 0.546. The van der Waals surface area contributed by atoms with Crippen LogP contribution in [-0.4, -0.2) is 15.1 Å². The topological polar surface area (TPSA) is 48.9 Å². The van der Waals surface area contributed by atoms with Gasteiger partial charge in [0, 0.05) is 6.20 Å². The van der Waals surface area contributed by atoms with E-state index in [0.717, 1.165) is 5.69 Å². The Labute approximate surface area is 59.5 Å². The summed E-state index contributed by atoms with van der Waals surface area (Å²) in [7, 11) is 0. The second-order valence-electron chi connectivity index (χ2n) is 1.65. The van der Waals surface area contributed by atoms with Gasteiger partial charge in [-0.2, -0.15) is 0 Å².